The van der Waals surface area contributed by atoms with E-state index in [1.54, 1.807) is 6.20 Å². The van der Waals surface area contributed by atoms with Gasteiger partial charge in [-0.1, -0.05) is 6.92 Å². The molecule has 2 rings (SSSR count). The van der Waals surface area contributed by atoms with Crippen LogP contribution in [0.3, 0.4) is 0 Å². The Morgan fingerprint density at radius 1 is 1.48 bits per heavy atom. The van der Waals surface area contributed by atoms with E-state index in [9.17, 15) is 8.42 Å². The molecule has 1 fully saturated rings. The van der Waals surface area contributed by atoms with Crippen molar-refractivity contribution in [2.24, 2.45) is 0 Å². The van der Waals surface area contributed by atoms with Gasteiger partial charge in [-0.05, 0) is 26.7 Å². The number of rotatable bonds is 6. The summed E-state index contributed by atoms with van der Waals surface area (Å²) < 4.78 is 23.3. The van der Waals surface area contributed by atoms with Gasteiger partial charge in [0, 0.05) is 18.6 Å². The third kappa shape index (κ3) is 4.03. The molecule has 1 saturated heterocycles. The Labute approximate surface area is 126 Å². The van der Waals surface area contributed by atoms with Crippen molar-refractivity contribution in [1.29, 1.82) is 0 Å². The standard InChI is InChI=1S/C13H23N5O2S/c1-4-10(3)15-12-8-14-17-13(16-12)18(5-2)11-6-7-21(19,20)9-11/h8,10-11H,4-7,9H2,1-3H3,(H,15,16,17). The first-order valence-corrected chi connectivity index (χ1v) is 9.20. The monoisotopic (exact) mass is 313 g/mol. The first kappa shape index (κ1) is 15.9. The van der Waals surface area contributed by atoms with Gasteiger partial charge in [0.2, 0.25) is 5.95 Å². The molecule has 118 valence electrons. The molecule has 21 heavy (non-hydrogen) atoms. The molecule has 0 aliphatic carbocycles. The number of hydrogen-bond acceptors (Lipinski definition) is 7. The van der Waals surface area contributed by atoms with Gasteiger partial charge < -0.3 is 10.2 Å². The van der Waals surface area contributed by atoms with Crippen LogP contribution in [0.2, 0.25) is 0 Å². The quantitative estimate of drug-likeness (QED) is 0.841. The van der Waals surface area contributed by atoms with Crippen LogP contribution in [0.25, 0.3) is 0 Å². The first-order chi connectivity index (χ1) is 9.95. The maximum Gasteiger partial charge on any atom is 0.247 e. The summed E-state index contributed by atoms with van der Waals surface area (Å²) in [6.45, 7) is 6.80. The van der Waals surface area contributed by atoms with Gasteiger partial charge in [-0.25, -0.2) is 8.42 Å². The molecule has 7 nitrogen and oxygen atoms in total. The van der Waals surface area contributed by atoms with Crippen LogP contribution in [0.15, 0.2) is 6.20 Å². The van der Waals surface area contributed by atoms with Gasteiger partial charge >= 0.3 is 0 Å². The van der Waals surface area contributed by atoms with Gasteiger partial charge in [0.15, 0.2) is 15.7 Å². The first-order valence-electron chi connectivity index (χ1n) is 7.38. The highest BCUT2D eigenvalue weighted by atomic mass is 32.2. The second kappa shape index (κ2) is 6.55. The number of nitrogens with one attached hydrogen (secondary N) is 1. The van der Waals surface area contributed by atoms with Gasteiger partial charge in [0.1, 0.15) is 0 Å². The van der Waals surface area contributed by atoms with Gasteiger partial charge in [-0.2, -0.15) is 10.1 Å². The molecule has 1 aliphatic heterocycles. The molecule has 0 amide bonds. The average molecular weight is 313 g/mol. The van der Waals surface area contributed by atoms with Gasteiger partial charge in [0.25, 0.3) is 0 Å². The number of anilines is 2. The topological polar surface area (TPSA) is 88.1 Å². The second-order valence-corrected chi connectivity index (χ2v) is 7.67. The Kier molecular flexibility index (Phi) is 4.97. The molecule has 1 aliphatic rings. The summed E-state index contributed by atoms with van der Waals surface area (Å²) in [6.07, 6.45) is 3.20. The Morgan fingerprint density at radius 3 is 2.81 bits per heavy atom. The van der Waals surface area contributed by atoms with E-state index in [1.807, 2.05) is 11.8 Å². The van der Waals surface area contributed by atoms with Crippen molar-refractivity contribution in [3.8, 4) is 0 Å². The van der Waals surface area contributed by atoms with E-state index in [-0.39, 0.29) is 17.5 Å². The van der Waals surface area contributed by atoms with Crippen molar-refractivity contribution < 1.29 is 8.42 Å². The Hall–Kier alpha value is -1.44. The molecule has 2 unspecified atom stereocenters. The molecule has 1 N–H and O–H groups in total. The normalized spacial score (nSPS) is 22.0. The largest absolute Gasteiger partial charge is 0.366 e. The van der Waals surface area contributed by atoms with Crippen molar-refractivity contribution in [2.75, 3.05) is 28.3 Å². The van der Waals surface area contributed by atoms with Crippen LogP contribution in [0, 0.1) is 0 Å². The van der Waals surface area contributed by atoms with E-state index in [2.05, 4.69) is 34.3 Å². The minimum absolute atomic E-state index is 0.0550. The number of hydrogen-bond donors (Lipinski definition) is 1. The molecule has 0 saturated carbocycles. The van der Waals surface area contributed by atoms with Crippen LogP contribution in [-0.2, 0) is 9.84 Å². The lowest BCUT2D eigenvalue weighted by atomic mass is 10.2. The SMILES string of the molecule is CCC(C)Nc1cnnc(N(CC)C2CCS(=O)(=O)C2)n1. The minimum Gasteiger partial charge on any atom is -0.366 e. The van der Waals surface area contributed by atoms with Crippen LogP contribution in [-0.4, -0.2) is 53.7 Å². The van der Waals surface area contributed by atoms with Gasteiger partial charge in [-0.3, -0.25) is 0 Å². The number of nitrogens with zero attached hydrogens (tertiary/aromatic N) is 4. The Bertz CT molecular complexity index is 578. The summed E-state index contributed by atoms with van der Waals surface area (Å²) in [5.74, 6) is 1.58. The molecule has 0 aromatic carbocycles. The van der Waals surface area contributed by atoms with E-state index >= 15 is 0 Å². The highest BCUT2D eigenvalue weighted by Gasteiger charge is 2.33. The van der Waals surface area contributed by atoms with Crippen LogP contribution < -0.4 is 10.2 Å². The van der Waals surface area contributed by atoms with E-state index in [0.29, 0.717) is 30.8 Å². The molecular formula is C13H23N5O2S. The molecule has 1 aromatic heterocycles. The fourth-order valence-corrected chi connectivity index (χ4v) is 4.15. The highest BCUT2D eigenvalue weighted by Crippen LogP contribution is 2.21. The van der Waals surface area contributed by atoms with Crippen molar-refractivity contribution in [1.82, 2.24) is 15.2 Å². The number of sulfone groups is 1. The summed E-state index contributed by atoms with van der Waals surface area (Å²) in [4.78, 5) is 6.40. The smallest absolute Gasteiger partial charge is 0.247 e. The highest BCUT2D eigenvalue weighted by molar-refractivity contribution is 7.91. The lowest BCUT2D eigenvalue weighted by Gasteiger charge is -2.26. The van der Waals surface area contributed by atoms with Crippen molar-refractivity contribution in [2.45, 2.75) is 45.7 Å². The maximum atomic E-state index is 11.6. The lowest BCUT2D eigenvalue weighted by Crippen LogP contribution is -2.37. The molecule has 0 radical (unpaired) electrons. The van der Waals surface area contributed by atoms with Gasteiger partial charge in [-0.15, -0.1) is 5.10 Å². The van der Waals surface area contributed by atoms with E-state index < -0.39 is 9.84 Å². The Morgan fingerprint density at radius 2 is 2.24 bits per heavy atom. The lowest BCUT2D eigenvalue weighted by molar-refractivity contribution is 0.598. The minimum atomic E-state index is -2.92. The van der Waals surface area contributed by atoms with Crippen molar-refractivity contribution >= 4 is 21.6 Å². The molecule has 2 atom stereocenters. The van der Waals surface area contributed by atoms with Crippen molar-refractivity contribution in [3.05, 3.63) is 6.20 Å². The van der Waals surface area contributed by atoms with Gasteiger partial charge in [0.05, 0.1) is 17.7 Å². The van der Waals surface area contributed by atoms with E-state index in [1.165, 1.54) is 0 Å². The fraction of sp³-hybridized carbons (Fsp3) is 0.769. The summed E-state index contributed by atoms with van der Waals surface area (Å²) >= 11 is 0. The summed E-state index contributed by atoms with van der Waals surface area (Å²) in [6, 6.07) is 0.247. The number of aromatic nitrogens is 3. The molecule has 8 heteroatoms. The summed E-state index contributed by atoms with van der Waals surface area (Å²) in [5.41, 5.74) is 0. The second-order valence-electron chi connectivity index (χ2n) is 5.44. The molecule has 2 heterocycles. The van der Waals surface area contributed by atoms with Crippen molar-refractivity contribution in [3.63, 3.8) is 0 Å². The van der Waals surface area contributed by atoms with Crippen LogP contribution >= 0.6 is 0 Å². The molecular weight excluding hydrogens is 290 g/mol. The Balaban J connectivity index is 2.17. The molecule has 0 spiro atoms. The average Bonchev–Trinajstić information content (AvgIpc) is 2.80. The van der Waals surface area contributed by atoms with Crippen LogP contribution in [0.1, 0.15) is 33.6 Å². The molecule has 0 bridgehead atoms. The van der Waals surface area contributed by atoms with E-state index in [4.69, 9.17) is 0 Å². The zero-order valence-corrected chi connectivity index (χ0v) is 13.6. The maximum absolute atomic E-state index is 11.6. The zero-order valence-electron chi connectivity index (χ0n) is 12.8. The fourth-order valence-electron chi connectivity index (χ4n) is 2.42. The zero-order chi connectivity index (χ0) is 15.5. The predicted molar refractivity (Wildman–Crippen MR) is 83.3 cm³/mol. The third-order valence-electron chi connectivity index (χ3n) is 3.80. The van der Waals surface area contributed by atoms with E-state index in [0.717, 1.165) is 6.42 Å². The summed E-state index contributed by atoms with van der Waals surface area (Å²) in [7, 11) is -2.92. The molecule has 1 aromatic rings. The van der Waals surface area contributed by atoms with Crippen LogP contribution in [0.5, 0.6) is 0 Å². The third-order valence-corrected chi connectivity index (χ3v) is 5.55. The predicted octanol–water partition coefficient (Wildman–Crippen LogP) is 1.10. The van der Waals surface area contributed by atoms with Crippen LogP contribution in [0.4, 0.5) is 11.8 Å². The summed E-state index contributed by atoms with van der Waals surface area (Å²) in [5, 5.41) is 11.3.